The quantitative estimate of drug-likeness (QED) is 0.539. The Morgan fingerprint density at radius 3 is 2.68 bits per heavy atom. The van der Waals surface area contributed by atoms with Crippen LogP contribution in [0.4, 0.5) is 8.78 Å². The summed E-state index contributed by atoms with van der Waals surface area (Å²) in [5.41, 5.74) is 1.73. The Bertz CT molecular complexity index is 994. The number of likely N-dealkylation sites (tertiary alicyclic amines) is 1. The molecule has 0 spiro atoms. The molecule has 150 valence electrons. The number of rotatable bonds is 3. The van der Waals surface area contributed by atoms with E-state index in [2.05, 4.69) is 0 Å². The van der Waals surface area contributed by atoms with Crippen LogP contribution in [0.1, 0.15) is 42.1 Å². The second-order valence-electron chi connectivity index (χ2n) is 7.62. The van der Waals surface area contributed by atoms with Crippen LogP contribution in [0.3, 0.4) is 0 Å². The number of piperidine rings is 1. The van der Waals surface area contributed by atoms with E-state index in [1.54, 1.807) is 0 Å². The van der Waals surface area contributed by atoms with Crippen molar-refractivity contribution in [2.75, 3.05) is 13.1 Å². The van der Waals surface area contributed by atoms with Gasteiger partial charge in [0.2, 0.25) is 5.91 Å². The molecule has 2 aliphatic heterocycles. The molecule has 28 heavy (non-hydrogen) atoms. The first-order valence-electron chi connectivity index (χ1n) is 9.57. The number of carbonyl (C=O) groups is 1. The van der Waals surface area contributed by atoms with Crippen LogP contribution in [0.25, 0.3) is 0 Å². The number of fused-ring (bicyclic) bond motifs is 1. The van der Waals surface area contributed by atoms with Gasteiger partial charge >= 0.3 is 0 Å². The first kappa shape index (κ1) is 19.6. The highest BCUT2D eigenvalue weighted by atomic mass is 35.5. The van der Waals surface area contributed by atoms with Crippen molar-refractivity contribution < 1.29 is 13.6 Å². The summed E-state index contributed by atoms with van der Waals surface area (Å²) < 4.78 is 33.2. The molecule has 1 amide bonds. The van der Waals surface area contributed by atoms with Crippen LogP contribution in [0.15, 0.2) is 12.1 Å². The molecule has 1 saturated heterocycles. The minimum absolute atomic E-state index is 0.00144. The van der Waals surface area contributed by atoms with Gasteiger partial charge < -0.3 is 14.0 Å². The summed E-state index contributed by atoms with van der Waals surface area (Å²) in [7, 11) is 1.85. The normalized spacial score (nSPS) is 19.1. The smallest absolute Gasteiger partial charge is 0.228 e. The van der Waals surface area contributed by atoms with Gasteiger partial charge in [-0.2, -0.15) is 0 Å². The third-order valence-electron chi connectivity index (χ3n) is 5.94. The van der Waals surface area contributed by atoms with Gasteiger partial charge in [-0.15, -0.1) is 0 Å². The molecular weight excluding hydrogens is 404 g/mol. The van der Waals surface area contributed by atoms with Crippen LogP contribution in [0.2, 0.25) is 5.02 Å². The van der Waals surface area contributed by atoms with Crippen molar-refractivity contribution in [3.05, 3.63) is 50.5 Å². The minimum atomic E-state index is -0.710. The highest BCUT2D eigenvalue weighted by Crippen LogP contribution is 2.37. The Labute approximate surface area is 172 Å². The van der Waals surface area contributed by atoms with E-state index in [0.717, 1.165) is 43.7 Å². The van der Waals surface area contributed by atoms with Crippen LogP contribution in [0.5, 0.6) is 0 Å². The molecule has 0 bridgehead atoms. The molecule has 0 radical (unpaired) electrons. The molecule has 1 aromatic carbocycles. The fourth-order valence-corrected chi connectivity index (χ4v) is 4.88. The maximum atomic E-state index is 14.5. The highest BCUT2D eigenvalue weighted by Gasteiger charge is 2.33. The van der Waals surface area contributed by atoms with Crippen molar-refractivity contribution >= 4 is 29.7 Å². The van der Waals surface area contributed by atoms with E-state index in [9.17, 15) is 13.6 Å². The zero-order valence-electron chi connectivity index (χ0n) is 15.7. The van der Waals surface area contributed by atoms with Gasteiger partial charge in [0.15, 0.2) is 4.77 Å². The fourth-order valence-electron chi connectivity index (χ4n) is 4.43. The van der Waals surface area contributed by atoms with Crippen molar-refractivity contribution in [3.63, 3.8) is 0 Å². The predicted molar refractivity (Wildman–Crippen MR) is 106 cm³/mol. The number of amides is 1. The van der Waals surface area contributed by atoms with Crippen molar-refractivity contribution in [1.29, 1.82) is 0 Å². The van der Waals surface area contributed by atoms with Gasteiger partial charge in [-0.25, -0.2) is 8.78 Å². The van der Waals surface area contributed by atoms with Crippen LogP contribution in [-0.2, 0) is 31.2 Å². The van der Waals surface area contributed by atoms with Crippen LogP contribution < -0.4 is 0 Å². The van der Waals surface area contributed by atoms with E-state index >= 15 is 0 Å². The number of imidazole rings is 1. The second-order valence-corrected chi connectivity index (χ2v) is 8.39. The van der Waals surface area contributed by atoms with Gasteiger partial charge in [-0.3, -0.25) is 4.79 Å². The molecule has 1 atom stereocenters. The zero-order valence-corrected chi connectivity index (χ0v) is 17.3. The topological polar surface area (TPSA) is 30.2 Å². The molecule has 4 rings (SSSR count). The third-order valence-corrected chi connectivity index (χ3v) is 6.73. The van der Waals surface area contributed by atoms with E-state index < -0.39 is 11.6 Å². The molecule has 0 unspecified atom stereocenters. The molecular formula is C20H22ClF2N3OS. The molecule has 2 aromatic rings. The van der Waals surface area contributed by atoms with Gasteiger partial charge in [-0.05, 0) is 50.0 Å². The summed E-state index contributed by atoms with van der Waals surface area (Å²) in [6.07, 6.45) is 3.92. The van der Waals surface area contributed by atoms with Gasteiger partial charge in [-0.1, -0.05) is 11.6 Å². The molecule has 8 heteroatoms. The third kappa shape index (κ3) is 3.28. The second kappa shape index (κ2) is 7.59. The Balaban J connectivity index is 1.63. The maximum Gasteiger partial charge on any atom is 0.228 e. The molecule has 4 nitrogen and oxygen atoms in total. The number of aromatic nitrogens is 2. The lowest BCUT2D eigenvalue weighted by Crippen LogP contribution is -2.37. The molecule has 3 heterocycles. The summed E-state index contributed by atoms with van der Waals surface area (Å²) in [5, 5.41) is -0.0855. The number of benzene rings is 1. The number of carbonyl (C=O) groups excluding carboxylic acids is 1. The minimum Gasteiger partial charge on any atom is -0.342 e. The standard InChI is InChI=1S/C20H22ClF2N3OS/c1-24-15(10-17(27)25-7-3-2-4-8-25)16-9-12(11-26(16)20(24)28)18-14(22)6-5-13(21)19(18)23/h5-6,12H,2-4,7-11H2,1H3/t12-/m1/s1. The number of hydrogen-bond acceptors (Lipinski definition) is 2. The average molecular weight is 426 g/mol. The predicted octanol–water partition coefficient (Wildman–Crippen LogP) is 4.38. The number of halogens is 3. The summed E-state index contributed by atoms with van der Waals surface area (Å²) in [4.78, 5) is 14.7. The van der Waals surface area contributed by atoms with Gasteiger partial charge in [0.1, 0.15) is 11.6 Å². The fraction of sp³-hybridized carbons (Fsp3) is 0.500. The lowest BCUT2D eigenvalue weighted by molar-refractivity contribution is -0.131. The van der Waals surface area contributed by atoms with Gasteiger partial charge in [0.05, 0.1) is 11.4 Å². The van der Waals surface area contributed by atoms with Crippen LogP contribution in [-0.4, -0.2) is 33.0 Å². The Morgan fingerprint density at radius 2 is 1.96 bits per heavy atom. The van der Waals surface area contributed by atoms with Gasteiger partial charge in [0, 0.05) is 49.6 Å². The summed E-state index contributed by atoms with van der Waals surface area (Å²) in [6.45, 7) is 1.97. The Kier molecular flexibility index (Phi) is 5.31. The first-order valence-corrected chi connectivity index (χ1v) is 10.4. The lowest BCUT2D eigenvalue weighted by atomic mass is 9.95. The summed E-state index contributed by atoms with van der Waals surface area (Å²) >= 11 is 11.4. The van der Waals surface area contributed by atoms with Crippen molar-refractivity contribution in [3.8, 4) is 0 Å². The Morgan fingerprint density at radius 1 is 1.25 bits per heavy atom. The largest absolute Gasteiger partial charge is 0.342 e. The van der Waals surface area contributed by atoms with Crippen molar-refractivity contribution in [1.82, 2.24) is 14.0 Å². The van der Waals surface area contributed by atoms with Crippen molar-refractivity contribution in [2.24, 2.45) is 7.05 Å². The SMILES string of the molecule is Cn1c(CC(=O)N2CCCCC2)c2n(c1=S)C[C@H](c1c(F)ccc(Cl)c1F)C2. The van der Waals surface area contributed by atoms with Crippen LogP contribution in [0, 0.1) is 16.4 Å². The maximum absolute atomic E-state index is 14.5. The van der Waals surface area contributed by atoms with E-state index in [-0.39, 0.29) is 28.8 Å². The molecule has 1 fully saturated rings. The monoisotopic (exact) mass is 425 g/mol. The highest BCUT2D eigenvalue weighted by molar-refractivity contribution is 7.71. The first-order chi connectivity index (χ1) is 13.4. The van der Waals surface area contributed by atoms with E-state index in [4.69, 9.17) is 23.8 Å². The van der Waals surface area contributed by atoms with E-state index in [1.807, 2.05) is 21.1 Å². The number of nitrogens with zero attached hydrogens (tertiary/aromatic N) is 3. The molecule has 0 N–H and O–H groups in total. The summed E-state index contributed by atoms with van der Waals surface area (Å²) in [6, 6.07) is 2.43. The van der Waals surface area contributed by atoms with Crippen LogP contribution >= 0.6 is 23.8 Å². The van der Waals surface area contributed by atoms with Crippen molar-refractivity contribution in [2.45, 2.75) is 44.6 Å². The molecule has 2 aliphatic rings. The number of hydrogen-bond donors (Lipinski definition) is 0. The Hall–Kier alpha value is -1.73. The molecule has 0 aliphatic carbocycles. The molecule has 0 saturated carbocycles. The lowest BCUT2D eigenvalue weighted by Gasteiger charge is -2.27. The summed E-state index contributed by atoms with van der Waals surface area (Å²) in [5.74, 6) is -1.61. The average Bonchev–Trinajstić information content (AvgIpc) is 3.21. The zero-order chi connectivity index (χ0) is 20.0. The van der Waals surface area contributed by atoms with E-state index in [0.29, 0.717) is 17.7 Å². The van der Waals surface area contributed by atoms with Gasteiger partial charge in [0.25, 0.3) is 0 Å². The molecule has 1 aromatic heterocycles. The van der Waals surface area contributed by atoms with E-state index in [1.165, 1.54) is 12.1 Å².